The Bertz CT molecular complexity index is 382. The van der Waals surface area contributed by atoms with Gasteiger partial charge in [-0.15, -0.1) is 0 Å². The average molecular weight is 332 g/mol. The molecule has 1 aromatic rings. The van der Waals surface area contributed by atoms with Crippen molar-refractivity contribution in [2.24, 2.45) is 0 Å². The lowest BCUT2D eigenvalue weighted by atomic mass is 10.1. The third kappa shape index (κ3) is 4.46. The second-order valence-corrected chi connectivity index (χ2v) is 5.14. The molecule has 0 bridgehead atoms. The predicted octanol–water partition coefficient (Wildman–Crippen LogP) is 4.36. The Hall–Kier alpha value is -0.610. The zero-order valence-corrected chi connectivity index (χ0v) is 13.5. The fraction of sp³-hybridized carbons (Fsp3) is 0.600. The van der Waals surface area contributed by atoms with E-state index in [4.69, 9.17) is 4.74 Å². The van der Waals surface area contributed by atoms with Gasteiger partial charge in [-0.25, -0.2) is 4.39 Å². The summed E-state index contributed by atoms with van der Waals surface area (Å²) in [4.78, 5) is 2.12. The lowest BCUT2D eigenvalue weighted by molar-refractivity contribution is 0.202. The molecule has 0 atom stereocenters. The van der Waals surface area contributed by atoms with Crippen LogP contribution in [-0.4, -0.2) is 26.3 Å². The maximum Gasteiger partial charge on any atom is 0.146 e. The highest BCUT2D eigenvalue weighted by Gasteiger charge is 2.18. The van der Waals surface area contributed by atoms with Gasteiger partial charge in [0, 0.05) is 25.0 Å². The zero-order chi connectivity index (χ0) is 14.3. The van der Waals surface area contributed by atoms with Crippen LogP contribution < -0.4 is 4.90 Å². The smallest absolute Gasteiger partial charge is 0.146 e. The molecule has 1 rings (SSSR count). The van der Waals surface area contributed by atoms with Gasteiger partial charge < -0.3 is 9.64 Å². The van der Waals surface area contributed by atoms with E-state index in [2.05, 4.69) is 34.7 Å². The quantitative estimate of drug-likeness (QED) is 0.656. The van der Waals surface area contributed by atoms with Crippen molar-refractivity contribution in [2.75, 3.05) is 25.2 Å². The largest absolute Gasteiger partial charge is 0.383 e. The Balaban J connectivity index is 3.01. The molecule has 0 spiro atoms. The summed E-state index contributed by atoms with van der Waals surface area (Å²) >= 11 is 3.35. The van der Waals surface area contributed by atoms with E-state index in [0.717, 1.165) is 18.4 Å². The lowest BCUT2D eigenvalue weighted by Crippen LogP contribution is -2.37. The summed E-state index contributed by atoms with van der Waals surface area (Å²) in [6.45, 7) is 5.60. The van der Waals surface area contributed by atoms with Crippen LogP contribution in [0.3, 0.4) is 0 Å². The van der Waals surface area contributed by atoms with Crippen LogP contribution in [0.1, 0.15) is 32.3 Å². The van der Waals surface area contributed by atoms with Gasteiger partial charge in [0.15, 0.2) is 0 Å². The van der Waals surface area contributed by atoms with Crippen LogP contribution in [0.25, 0.3) is 0 Å². The number of benzene rings is 1. The van der Waals surface area contributed by atoms with Gasteiger partial charge in [-0.1, -0.05) is 35.8 Å². The number of methoxy groups -OCH3 is 1. The van der Waals surface area contributed by atoms with Crippen LogP contribution >= 0.6 is 15.9 Å². The molecule has 0 saturated carbocycles. The minimum Gasteiger partial charge on any atom is -0.383 e. The van der Waals surface area contributed by atoms with E-state index in [9.17, 15) is 4.39 Å². The Morgan fingerprint density at radius 1 is 1.32 bits per heavy atom. The Labute approximate surface area is 124 Å². The van der Waals surface area contributed by atoms with Crippen molar-refractivity contribution in [1.29, 1.82) is 0 Å². The first-order valence-electron chi connectivity index (χ1n) is 6.77. The third-order valence-electron chi connectivity index (χ3n) is 3.40. The summed E-state index contributed by atoms with van der Waals surface area (Å²) in [6.07, 6.45) is 2.00. The molecule has 0 aliphatic heterocycles. The van der Waals surface area contributed by atoms with Crippen molar-refractivity contribution in [2.45, 2.75) is 38.1 Å². The molecule has 0 aromatic heterocycles. The molecule has 108 valence electrons. The molecule has 0 amide bonds. The van der Waals surface area contributed by atoms with E-state index in [1.54, 1.807) is 13.2 Å². The lowest BCUT2D eigenvalue weighted by Gasteiger charge is -2.33. The molecular weight excluding hydrogens is 309 g/mol. The van der Waals surface area contributed by atoms with Gasteiger partial charge in [-0.05, 0) is 30.5 Å². The number of ether oxygens (including phenoxy) is 1. The maximum absolute atomic E-state index is 14.2. The van der Waals surface area contributed by atoms with Crippen LogP contribution in [-0.2, 0) is 10.1 Å². The molecule has 0 aliphatic carbocycles. The van der Waals surface area contributed by atoms with Crippen molar-refractivity contribution in [3.8, 4) is 0 Å². The fourth-order valence-corrected chi connectivity index (χ4v) is 2.63. The summed E-state index contributed by atoms with van der Waals surface area (Å²) in [5, 5.41) is 0.674. The molecule has 4 heteroatoms. The Kier molecular flexibility index (Phi) is 7.39. The van der Waals surface area contributed by atoms with E-state index in [0.29, 0.717) is 30.2 Å². The van der Waals surface area contributed by atoms with E-state index in [-0.39, 0.29) is 5.82 Å². The highest BCUT2D eigenvalue weighted by atomic mass is 79.9. The predicted molar refractivity (Wildman–Crippen MR) is 82.6 cm³/mol. The van der Waals surface area contributed by atoms with Gasteiger partial charge in [0.1, 0.15) is 5.82 Å². The van der Waals surface area contributed by atoms with Crippen molar-refractivity contribution in [3.63, 3.8) is 0 Å². The number of nitrogens with zero attached hydrogens (tertiary/aromatic N) is 1. The summed E-state index contributed by atoms with van der Waals surface area (Å²) in [7, 11) is 1.68. The monoisotopic (exact) mass is 331 g/mol. The Morgan fingerprint density at radius 2 is 2.00 bits per heavy atom. The second kappa shape index (κ2) is 8.54. The summed E-state index contributed by atoms with van der Waals surface area (Å²) in [5.74, 6) is -0.153. The molecule has 0 fully saturated rings. The van der Waals surface area contributed by atoms with Crippen molar-refractivity contribution >= 4 is 21.6 Å². The van der Waals surface area contributed by atoms with Crippen LogP contribution in [0.5, 0.6) is 0 Å². The normalized spacial score (nSPS) is 11.1. The molecular formula is C15H23BrFNO. The first-order chi connectivity index (χ1) is 9.17. The highest BCUT2D eigenvalue weighted by Crippen LogP contribution is 2.25. The van der Waals surface area contributed by atoms with Gasteiger partial charge in [-0.3, -0.25) is 0 Å². The topological polar surface area (TPSA) is 12.5 Å². The Morgan fingerprint density at radius 3 is 2.47 bits per heavy atom. The number of hydrogen-bond donors (Lipinski definition) is 0. The van der Waals surface area contributed by atoms with Gasteiger partial charge >= 0.3 is 0 Å². The van der Waals surface area contributed by atoms with Crippen LogP contribution in [0.2, 0.25) is 0 Å². The number of halogens is 2. The van der Waals surface area contributed by atoms with Crippen molar-refractivity contribution in [1.82, 2.24) is 0 Å². The molecule has 0 heterocycles. The molecule has 0 N–H and O–H groups in total. The molecule has 0 aliphatic rings. The van der Waals surface area contributed by atoms with Crippen molar-refractivity contribution < 1.29 is 9.13 Å². The fourth-order valence-electron chi connectivity index (χ4n) is 2.29. The summed E-state index contributed by atoms with van der Waals surface area (Å²) < 4.78 is 19.4. The first-order valence-corrected chi connectivity index (χ1v) is 7.89. The van der Waals surface area contributed by atoms with E-state index in [1.807, 2.05) is 12.1 Å². The molecule has 19 heavy (non-hydrogen) atoms. The van der Waals surface area contributed by atoms with E-state index < -0.39 is 0 Å². The van der Waals surface area contributed by atoms with E-state index >= 15 is 0 Å². The standard InChI is InChI=1S/C15H23BrFNO/c1-4-13(5-2)18(8-9-19-3)15-7-6-12(11-16)10-14(15)17/h6-7,10,13H,4-5,8-9,11H2,1-3H3. The van der Waals surface area contributed by atoms with Crippen LogP contribution in [0.4, 0.5) is 10.1 Å². The number of anilines is 1. The van der Waals surface area contributed by atoms with Gasteiger partial charge in [0.2, 0.25) is 0 Å². The number of alkyl halides is 1. The van der Waals surface area contributed by atoms with Gasteiger partial charge in [0.05, 0.1) is 12.3 Å². The maximum atomic E-state index is 14.2. The second-order valence-electron chi connectivity index (χ2n) is 4.58. The SMILES string of the molecule is CCC(CC)N(CCOC)c1ccc(CBr)cc1F. The molecule has 1 aromatic carbocycles. The number of rotatable bonds is 8. The van der Waals surface area contributed by atoms with E-state index in [1.165, 1.54) is 0 Å². The molecule has 2 nitrogen and oxygen atoms in total. The molecule has 0 radical (unpaired) electrons. The van der Waals surface area contributed by atoms with Crippen LogP contribution in [0.15, 0.2) is 18.2 Å². The third-order valence-corrected chi connectivity index (χ3v) is 4.04. The minimum atomic E-state index is -0.153. The van der Waals surface area contributed by atoms with Gasteiger partial charge in [0.25, 0.3) is 0 Å². The van der Waals surface area contributed by atoms with Gasteiger partial charge in [-0.2, -0.15) is 0 Å². The number of hydrogen-bond acceptors (Lipinski definition) is 2. The summed E-state index contributed by atoms with van der Waals surface area (Å²) in [5.41, 5.74) is 1.63. The molecule has 0 saturated heterocycles. The first kappa shape index (κ1) is 16.4. The zero-order valence-electron chi connectivity index (χ0n) is 12.0. The highest BCUT2D eigenvalue weighted by molar-refractivity contribution is 9.08. The van der Waals surface area contributed by atoms with Crippen LogP contribution in [0, 0.1) is 5.82 Å². The molecule has 0 unspecified atom stereocenters. The summed E-state index contributed by atoms with van der Waals surface area (Å²) in [6, 6.07) is 5.79. The average Bonchev–Trinajstić information content (AvgIpc) is 2.44. The van der Waals surface area contributed by atoms with Crippen molar-refractivity contribution in [3.05, 3.63) is 29.6 Å². The minimum absolute atomic E-state index is 0.153.